The van der Waals surface area contributed by atoms with Crippen molar-refractivity contribution in [1.29, 1.82) is 0 Å². The number of rotatable bonds is 18. The van der Waals surface area contributed by atoms with Crippen LogP contribution in [0, 0.1) is 12.3 Å². The largest absolute Gasteiger partial charge is 0.494 e. The van der Waals surface area contributed by atoms with Gasteiger partial charge in [-0.1, -0.05) is 71.0 Å². The molecule has 2 heterocycles. The van der Waals surface area contributed by atoms with Crippen LogP contribution < -0.4 is 15.4 Å². The number of amides is 3. The van der Waals surface area contributed by atoms with Crippen LogP contribution in [-0.2, 0) is 30.4 Å². The lowest BCUT2D eigenvalue weighted by atomic mass is 9.85. The van der Waals surface area contributed by atoms with Crippen LogP contribution in [0.5, 0.6) is 5.75 Å². The van der Waals surface area contributed by atoms with Crippen LogP contribution in [0.3, 0.4) is 0 Å². The highest BCUT2D eigenvalue weighted by molar-refractivity contribution is 7.13. The van der Waals surface area contributed by atoms with Gasteiger partial charge in [0, 0.05) is 45.8 Å². The van der Waals surface area contributed by atoms with Gasteiger partial charge in [0.25, 0.3) is 0 Å². The minimum Gasteiger partial charge on any atom is -0.494 e. The van der Waals surface area contributed by atoms with Crippen LogP contribution in [0.1, 0.15) is 76.6 Å². The van der Waals surface area contributed by atoms with E-state index < -0.39 is 35.4 Å². The first kappa shape index (κ1) is 39.9. The van der Waals surface area contributed by atoms with Gasteiger partial charge in [0.15, 0.2) is 0 Å². The predicted molar refractivity (Wildman–Crippen MR) is 199 cm³/mol. The van der Waals surface area contributed by atoms with Crippen molar-refractivity contribution in [2.75, 3.05) is 39.6 Å². The number of nitrogens with zero attached hydrogens (tertiary/aromatic N) is 2. The SMILES string of the molecule is Cc1ncsc1-c1ccc(CNC(=O)[C@@H]2C[C@@H](O)CN2C(=O)[C@@H](NC(=O)COCCCOCCCOc2ccc(C(C)C)cc2)C(C)(C)C)cc1. The smallest absolute Gasteiger partial charge is 0.246 e. The number of aliphatic hydroxyl groups excluding tert-OH is 1. The van der Waals surface area contributed by atoms with Crippen LogP contribution in [0.15, 0.2) is 54.0 Å². The van der Waals surface area contributed by atoms with Crippen LogP contribution in [0.25, 0.3) is 10.4 Å². The van der Waals surface area contributed by atoms with E-state index in [0.29, 0.717) is 38.8 Å². The minimum atomic E-state index is -0.921. The number of carbonyl (C=O) groups is 3. The van der Waals surface area contributed by atoms with Gasteiger partial charge >= 0.3 is 0 Å². The third-order valence-corrected chi connectivity index (χ3v) is 9.75. The first-order valence-electron chi connectivity index (χ1n) is 17.8. The molecule has 4 rings (SSSR count). The molecule has 3 amide bonds. The fraction of sp³-hybridized carbons (Fsp3) is 0.538. The van der Waals surface area contributed by atoms with E-state index in [9.17, 15) is 19.5 Å². The molecule has 0 bridgehead atoms. The molecule has 0 saturated carbocycles. The summed E-state index contributed by atoms with van der Waals surface area (Å²) in [6.45, 7) is 13.9. The summed E-state index contributed by atoms with van der Waals surface area (Å²) in [7, 11) is 0. The molecule has 3 atom stereocenters. The molecule has 3 N–H and O–H groups in total. The number of ether oxygens (including phenoxy) is 3. The van der Waals surface area contributed by atoms with E-state index in [2.05, 4.69) is 41.6 Å². The highest BCUT2D eigenvalue weighted by atomic mass is 32.1. The highest BCUT2D eigenvalue weighted by Gasteiger charge is 2.44. The van der Waals surface area contributed by atoms with E-state index in [4.69, 9.17) is 14.2 Å². The van der Waals surface area contributed by atoms with Gasteiger partial charge in [-0.25, -0.2) is 4.98 Å². The number of thiazole rings is 1. The Hall–Kier alpha value is -3.84. The molecule has 1 fully saturated rings. The predicted octanol–water partition coefficient (Wildman–Crippen LogP) is 5.24. The van der Waals surface area contributed by atoms with Gasteiger partial charge in [0.2, 0.25) is 17.7 Å². The van der Waals surface area contributed by atoms with Gasteiger partial charge in [-0.15, -0.1) is 11.3 Å². The quantitative estimate of drug-likeness (QED) is 0.152. The number of hydrogen-bond acceptors (Lipinski definition) is 9. The zero-order valence-electron chi connectivity index (χ0n) is 30.8. The van der Waals surface area contributed by atoms with Gasteiger partial charge < -0.3 is 34.9 Å². The van der Waals surface area contributed by atoms with Crippen LogP contribution in [0.2, 0.25) is 0 Å². The maximum atomic E-state index is 13.8. The van der Waals surface area contributed by atoms with E-state index in [1.807, 2.05) is 69.6 Å². The molecular weight excluding hydrogens is 669 g/mol. The second-order valence-corrected chi connectivity index (χ2v) is 15.2. The first-order valence-corrected chi connectivity index (χ1v) is 18.6. The zero-order valence-corrected chi connectivity index (χ0v) is 31.6. The van der Waals surface area contributed by atoms with Crippen molar-refractivity contribution in [2.24, 2.45) is 5.41 Å². The van der Waals surface area contributed by atoms with Crippen LogP contribution in [-0.4, -0.2) is 90.5 Å². The number of likely N-dealkylation sites (tertiary alicyclic amines) is 1. The number of aliphatic hydroxyl groups is 1. The second-order valence-electron chi connectivity index (χ2n) is 14.4. The van der Waals surface area contributed by atoms with E-state index in [1.165, 1.54) is 10.5 Å². The summed E-state index contributed by atoms with van der Waals surface area (Å²) in [5.41, 5.74) is 5.38. The molecule has 11 nitrogen and oxygen atoms in total. The van der Waals surface area contributed by atoms with E-state index in [1.54, 1.807) is 11.3 Å². The maximum Gasteiger partial charge on any atom is 0.246 e. The summed E-state index contributed by atoms with van der Waals surface area (Å²) in [4.78, 5) is 46.8. The van der Waals surface area contributed by atoms with Gasteiger partial charge in [-0.2, -0.15) is 0 Å². The number of hydrogen-bond donors (Lipinski definition) is 3. The standard InChI is InChI=1S/C39H54N4O7S/c1-26(2)29-13-15-32(16-14-29)50-20-8-18-48-17-7-19-49-24-34(45)42-36(39(4,5)6)38(47)43-23-31(44)21-33(43)37(46)40-22-28-9-11-30(12-10-28)35-27(3)41-25-51-35/h9-16,25-26,31,33,36,44H,7-8,17-24H2,1-6H3,(H,40,46)(H,42,45)/t31-,33+,36-/m1/s1. The van der Waals surface area contributed by atoms with E-state index >= 15 is 0 Å². The number of aryl methyl sites for hydroxylation is 1. The molecule has 278 valence electrons. The molecule has 0 spiro atoms. The zero-order chi connectivity index (χ0) is 37.0. The van der Waals surface area contributed by atoms with Gasteiger partial charge in [-0.05, 0) is 53.5 Å². The molecular formula is C39H54N4O7S. The van der Waals surface area contributed by atoms with Gasteiger partial charge in [0.1, 0.15) is 24.4 Å². The average molecular weight is 723 g/mol. The molecule has 1 saturated heterocycles. The lowest BCUT2D eigenvalue weighted by Crippen LogP contribution is -2.58. The average Bonchev–Trinajstić information content (AvgIpc) is 3.71. The number of β-amino-alcohol motifs (C(OH)–C–C–N with tert-alkyl or cyclic N) is 1. The van der Waals surface area contributed by atoms with Crippen molar-refractivity contribution < 1.29 is 33.7 Å². The summed E-state index contributed by atoms with van der Waals surface area (Å²) in [5.74, 6) is 0.139. The Kier molecular flexibility index (Phi) is 15.0. The Bertz CT molecular complexity index is 1550. The molecule has 1 aliphatic heterocycles. The Morgan fingerprint density at radius 1 is 0.980 bits per heavy atom. The monoisotopic (exact) mass is 722 g/mol. The fourth-order valence-corrected chi connectivity index (χ4v) is 6.62. The normalized spacial score (nSPS) is 16.7. The molecule has 0 unspecified atom stereocenters. The lowest BCUT2D eigenvalue weighted by Gasteiger charge is -2.35. The van der Waals surface area contributed by atoms with E-state index in [-0.39, 0.29) is 32.0 Å². The van der Waals surface area contributed by atoms with Crippen molar-refractivity contribution in [2.45, 2.75) is 91.5 Å². The Morgan fingerprint density at radius 2 is 1.65 bits per heavy atom. The molecule has 0 aliphatic carbocycles. The number of carbonyl (C=O) groups excluding carboxylic acids is 3. The molecule has 1 aliphatic rings. The second kappa shape index (κ2) is 19.1. The highest BCUT2D eigenvalue weighted by Crippen LogP contribution is 2.28. The summed E-state index contributed by atoms with van der Waals surface area (Å²) in [6.07, 6.45) is 0.653. The lowest BCUT2D eigenvalue weighted by molar-refractivity contribution is -0.144. The molecule has 3 aromatic rings. The third kappa shape index (κ3) is 12.1. The molecule has 0 radical (unpaired) electrons. The van der Waals surface area contributed by atoms with Crippen LogP contribution >= 0.6 is 11.3 Å². The molecule has 2 aromatic carbocycles. The molecule has 12 heteroatoms. The van der Waals surface area contributed by atoms with Crippen molar-refractivity contribution in [3.05, 3.63) is 70.9 Å². The van der Waals surface area contributed by atoms with E-state index in [0.717, 1.165) is 33.9 Å². The maximum absolute atomic E-state index is 13.8. The van der Waals surface area contributed by atoms with Crippen molar-refractivity contribution in [3.8, 4) is 16.2 Å². The van der Waals surface area contributed by atoms with Crippen molar-refractivity contribution in [1.82, 2.24) is 20.5 Å². The minimum absolute atomic E-state index is 0.0102. The number of benzene rings is 2. The van der Waals surface area contributed by atoms with Crippen LogP contribution in [0.4, 0.5) is 0 Å². The summed E-state index contributed by atoms with van der Waals surface area (Å²) < 4.78 is 17.0. The fourth-order valence-electron chi connectivity index (χ4n) is 5.81. The van der Waals surface area contributed by atoms with Gasteiger partial charge in [-0.3, -0.25) is 14.4 Å². The number of nitrogens with one attached hydrogen (secondary N) is 2. The van der Waals surface area contributed by atoms with Gasteiger partial charge in [0.05, 0.1) is 28.8 Å². The Morgan fingerprint density at radius 3 is 2.27 bits per heavy atom. The third-order valence-electron chi connectivity index (χ3n) is 8.77. The molecule has 51 heavy (non-hydrogen) atoms. The topological polar surface area (TPSA) is 139 Å². The van der Waals surface area contributed by atoms with Crippen molar-refractivity contribution >= 4 is 29.1 Å². The Balaban J connectivity index is 1.16. The molecule has 1 aromatic heterocycles. The number of aromatic nitrogens is 1. The summed E-state index contributed by atoms with van der Waals surface area (Å²) in [5, 5.41) is 16.2. The first-order chi connectivity index (χ1) is 24.3. The summed E-state index contributed by atoms with van der Waals surface area (Å²) >= 11 is 1.58. The van der Waals surface area contributed by atoms with Crippen molar-refractivity contribution in [3.63, 3.8) is 0 Å². The summed E-state index contributed by atoms with van der Waals surface area (Å²) in [6, 6.07) is 14.3. The Labute approximate surface area is 306 Å².